The van der Waals surface area contributed by atoms with Crippen LogP contribution < -0.4 is 21.2 Å². The van der Waals surface area contributed by atoms with E-state index in [1.54, 1.807) is 23.1 Å². The minimum absolute atomic E-state index is 0.0686. The van der Waals surface area contributed by atoms with Gasteiger partial charge in [-0.25, -0.2) is 9.36 Å². The second-order valence-electron chi connectivity index (χ2n) is 6.18. The Morgan fingerprint density at radius 2 is 1.73 bits per heavy atom. The minimum atomic E-state index is -0.464. The lowest BCUT2D eigenvalue weighted by Gasteiger charge is -2.29. The third-order valence-corrected chi connectivity index (χ3v) is 4.68. The molecule has 0 saturated carbocycles. The summed E-state index contributed by atoms with van der Waals surface area (Å²) in [5.74, 6) is -0.0526. The molecule has 0 radical (unpaired) electrons. The molecule has 3 heterocycles. The number of morpholine rings is 1. The molecule has 0 atom stereocenters. The first-order valence-corrected chi connectivity index (χ1v) is 8.24. The molecule has 1 fully saturated rings. The molecule has 1 saturated heterocycles. The van der Waals surface area contributed by atoms with Gasteiger partial charge in [0.25, 0.3) is 11.5 Å². The maximum Gasteiger partial charge on any atom is 0.310 e. The highest BCUT2D eigenvalue weighted by Gasteiger charge is 2.30. The second-order valence-corrected chi connectivity index (χ2v) is 6.18. The number of amides is 1. The monoisotopic (exact) mass is 358 g/mol. The Morgan fingerprint density at radius 3 is 2.46 bits per heavy atom. The van der Waals surface area contributed by atoms with E-state index >= 15 is 0 Å². The van der Waals surface area contributed by atoms with Crippen molar-refractivity contribution in [3.8, 4) is 11.5 Å². The van der Waals surface area contributed by atoms with E-state index in [1.807, 2.05) is 0 Å². The summed E-state index contributed by atoms with van der Waals surface area (Å²) in [6, 6.07) is 5.06. The van der Waals surface area contributed by atoms with E-state index in [9.17, 15) is 14.4 Å². The molecule has 136 valence electrons. The highest BCUT2D eigenvalue weighted by Crippen LogP contribution is 2.40. The Hall–Kier alpha value is -3.07. The van der Waals surface area contributed by atoms with Gasteiger partial charge < -0.3 is 19.7 Å². The van der Waals surface area contributed by atoms with Gasteiger partial charge >= 0.3 is 5.56 Å². The molecular formula is C17H18N4O5. The lowest BCUT2D eigenvalue weighted by Crippen LogP contribution is -2.41. The lowest BCUT2D eigenvalue weighted by molar-refractivity contribution is 0.0301. The lowest BCUT2D eigenvalue weighted by atomic mass is 10.1. The van der Waals surface area contributed by atoms with Crippen molar-refractivity contribution in [2.45, 2.75) is 0 Å². The summed E-state index contributed by atoms with van der Waals surface area (Å²) in [7, 11) is 2.98. The van der Waals surface area contributed by atoms with Crippen LogP contribution in [0.5, 0.6) is 11.5 Å². The van der Waals surface area contributed by atoms with Crippen LogP contribution in [0.4, 0.5) is 11.4 Å². The Morgan fingerprint density at radius 1 is 1.04 bits per heavy atom. The summed E-state index contributed by atoms with van der Waals surface area (Å²) in [6.07, 6.45) is 0. The zero-order chi connectivity index (χ0) is 18.4. The first-order valence-electron chi connectivity index (χ1n) is 8.24. The molecule has 9 nitrogen and oxygen atoms in total. The van der Waals surface area contributed by atoms with Gasteiger partial charge in [-0.3, -0.25) is 14.4 Å². The number of anilines is 2. The molecule has 2 aromatic rings. The van der Waals surface area contributed by atoms with Gasteiger partial charge in [-0.05, 0) is 12.1 Å². The number of nitrogens with zero attached hydrogens (tertiary/aromatic N) is 3. The van der Waals surface area contributed by atoms with Crippen molar-refractivity contribution in [2.24, 2.45) is 14.1 Å². The van der Waals surface area contributed by atoms with Gasteiger partial charge in [-0.1, -0.05) is 6.07 Å². The van der Waals surface area contributed by atoms with Crippen LogP contribution in [0.2, 0.25) is 0 Å². The predicted molar refractivity (Wildman–Crippen MR) is 93.4 cm³/mol. The summed E-state index contributed by atoms with van der Waals surface area (Å²) in [5, 5.41) is 2.95. The summed E-state index contributed by atoms with van der Waals surface area (Å²) in [5.41, 5.74) is 0.0258. The van der Waals surface area contributed by atoms with E-state index < -0.39 is 11.1 Å². The Bertz CT molecular complexity index is 1020. The average molecular weight is 358 g/mol. The van der Waals surface area contributed by atoms with E-state index in [0.29, 0.717) is 37.6 Å². The minimum Gasteiger partial charge on any atom is -0.446 e. The number of fused-ring (bicyclic) bond motifs is 2. The number of ether oxygens (including phenoxy) is 2. The highest BCUT2D eigenvalue weighted by atomic mass is 16.5. The summed E-state index contributed by atoms with van der Waals surface area (Å²) in [4.78, 5) is 39.5. The number of aromatic nitrogens is 2. The first-order chi connectivity index (χ1) is 12.5. The van der Waals surface area contributed by atoms with Crippen LogP contribution in [0.1, 0.15) is 10.4 Å². The topological polar surface area (TPSA) is 94.8 Å². The van der Waals surface area contributed by atoms with Crippen molar-refractivity contribution < 1.29 is 14.3 Å². The fourth-order valence-corrected chi connectivity index (χ4v) is 3.08. The number of carbonyl (C=O) groups is 1. The van der Waals surface area contributed by atoms with Gasteiger partial charge in [0.05, 0.1) is 24.5 Å². The number of benzene rings is 1. The van der Waals surface area contributed by atoms with Crippen molar-refractivity contribution >= 4 is 17.3 Å². The molecule has 26 heavy (non-hydrogen) atoms. The maximum absolute atomic E-state index is 12.9. The molecule has 4 rings (SSSR count). The fraction of sp³-hybridized carbons (Fsp3) is 0.353. The molecule has 0 bridgehead atoms. The number of carbonyl (C=O) groups excluding carboxylic acids is 1. The smallest absolute Gasteiger partial charge is 0.310 e. The van der Waals surface area contributed by atoms with E-state index in [-0.39, 0.29) is 23.1 Å². The molecule has 1 aromatic carbocycles. The van der Waals surface area contributed by atoms with E-state index in [4.69, 9.17) is 9.47 Å². The van der Waals surface area contributed by atoms with Gasteiger partial charge in [0.2, 0.25) is 5.75 Å². The highest BCUT2D eigenvalue weighted by molar-refractivity contribution is 6.00. The van der Waals surface area contributed by atoms with Crippen LogP contribution in [-0.4, -0.2) is 46.5 Å². The van der Waals surface area contributed by atoms with Crippen LogP contribution in [0.15, 0.2) is 27.8 Å². The molecular weight excluding hydrogens is 340 g/mol. The number of hydrogen-bond acceptors (Lipinski definition) is 6. The molecule has 0 spiro atoms. The van der Waals surface area contributed by atoms with Crippen molar-refractivity contribution in [3.05, 3.63) is 44.5 Å². The summed E-state index contributed by atoms with van der Waals surface area (Å²) >= 11 is 0. The largest absolute Gasteiger partial charge is 0.446 e. The normalized spacial score (nSPS) is 15.5. The SMILES string of the molecule is Cn1c(=O)c2c(c(=O)n1C)Oc1c(cccc1C(=O)N1CCOCC1)N2. The number of hydrogen-bond donors (Lipinski definition) is 1. The van der Waals surface area contributed by atoms with Gasteiger partial charge in [-0.15, -0.1) is 0 Å². The molecule has 9 heteroatoms. The van der Waals surface area contributed by atoms with E-state index in [2.05, 4.69) is 5.32 Å². The maximum atomic E-state index is 12.9. The fourth-order valence-electron chi connectivity index (χ4n) is 3.08. The van der Waals surface area contributed by atoms with Crippen molar-refractivity contribution in [1.82, 2.24) is 14.3 Å². The summed E-state index contributed by atoms with van der Waals surface area (Å²) in [6.45, 7) is 1.96. The number of rotatable bonds is 1. The third kappa shape index (κ3) is 2.39. The van der Waals surface area contributed by atoms with E-state index in [0.717, 1.165) is 0 Å². The van der Waals surface area contributed by atoms with Gasteiger partial charge in [0.1, 0.15) is 0 Å². The van der Waals surface area contributed by atoms with Crippen LogP contribution >= 0.6 is 0 Å². The van der Waals surface area contributed by atoms with Gasteiger partial charge in [-0.2, -0.15) is 0 Å². The van der Waals surface area contributed by atoms with E-state index in [1.165, 1.54) is 23.5 Å². The van der Waals surface area contributed by atoms with Gasteiger partial charge in [0.15, 0.2) is 11.4 Å². The zero-order valence-corrected chi connectivity index (χ0v) is 14.4. The zero-order valence-electron chi connectivity index (χ0n) is 14.4. The van der Waals surface area contributed by atoms with Crippen molar-refractivity contribution in [1.29, 1.82) is 0 Å². The molecule has 0 unspecified atom stereocenters. The average Bonchev–Trinajstić information content (AvgIpc) is 2.69. The molecule has 2 aliphatic rings. The molecule has 1 N–H and O–H groups in total. The second kappa shape index (κ2) is 6.03. The quantitative estimate of drug-likeness (QED) is 0.677. The Kier molecular flexibility index (Phi) is 3.80. The molecule has 1 aromatic heterocycles. The van der Waals surface area contributed by atoms with Crippen molar-refractivity contribution in [3.63, 3.8) is 0 Å². The van der Waals surface area contributed by atoms with Crippen LogP contribution in [0, 0.1) is 0 Å². The van der Waals surface area contributed by atoms with Crippen LogP contribution in [0.25, 0.3) is 0 Å². The molecule has 2 aliphatic heterocycles. The predicted octanol–water partition coefficient (Wildman–Crippen LogP) is 0.406. The summed E-state index contributed by atoms with van der Waals surface area (Å²) < 4.78 is 13.4. The third-order valence-electron chi connectivity index (χ3n) is 4.68. The standard InChI is InChI=1S/C17H18N4O5/c1-19-16(23)12-14(17(24)20(19)2)26-13-10(4-3-5-11(13)18-12)15(22)21-6-8-25-9-7-21/h3-5,18H,6-9H2,1-2H3. The molecule has 0 aliphatic carbocycles. The first kappa shape index (κ1) is 16.4. The Labute approximate surface area is 148 Å². The Balaban J connectivity index is 1.80. The number of nitrogens with one attached hydrogen (secondary N) is 1. The molecule has 1 amide bonds. The van der Waals surface area contributed by atoms with Crippen molar-refractivity contribution in [2.75, 3.05) is 31.6 Å². The van der Waals surface area contributed by atoms with Crippen LogP contribution in [-0.2, 0) is 18.8 Å². The van der Waals surface area contributed by atoms with Gasteiger partial charge in [0, 0.05) is 27.2 Å². The van der Waals surface area contributed by atoms with Crippen LogP contribution in [0.3, 0.4) is 0 Å². The number of para-hydroxylation sites is 1.